The van der Waals surface area contributed by atoms with E-state index in [-0.39, 0.29) is 35.0 Å². The number of hydrogen-bond acceptors (Lipinski definition) is 7. The minimum atomic E-state index is -3.70. The molecule has 9 nitrogen and oxygen atoms in total. The number of carbonyl (C=O) groups excluding carboxylic acids is 2. The van der Waals surface area contributed by atoms with Gasteiger partial charge in [0, 0.05) is 18.8 Å². The van der Waals surface area contributed by atoms with Gasteiger partial charge in [0.25, 0.3) is 5.91 Å². The Kier molecular flexibility index (Phi) is 6.70. The zero-order valence-corrected chi connectivity index (χ0v) is 17.1. The van der Waals surface area contributed by atoms with Crippen LogP contribution in [0.15, 0.2) is 47.4 Å². The number of aryl methyl sites for hydroxylation is 1. The number of hydrogen-bond donors (Lipinski definition) is 2. The molecule has 0 saturated carbocycles. The summed E-state index contributed by atoms with van der Waals surface area (Å²) >= 11 is 0. The Bertz CT molecular complexity index is 1050. The van der Waals surface area contributed by atoms with Crippen molar-refractivity contribution in [2.24, 2.45) is 0 Å². The van der Waals surface area contributed by atoms with Crippen molar-refractivity contribution in [1.82, 2.24) is 4.31 Å². The van der Waals surface area contributed by atoms with Crippen molar-refractivity contribution in [3.63, 3.8) is 0 Å². The Morgan fingerprint density at radius 2 is 1.90 bits per heavy atom. The average molecular weight is 434 g/mol. The molecule has 0 bridgehead atoms. The summed E-state index contributed by atoms with van der Waals surface area (Å²) in [4.78, 5) is 24.3. The van der Waals surface area contributed by atoms with E-state index < -0.39 is 28.5 Å². The van der Waals surface area contributed by atoms with E-state index in [2.05, 4.69) is 5.32 Å². The maximum Gasteiger partial charge on any atom is 0.342 e. The minimum Gasteiger partial charge on any atom is -0.507 e. The molecule has 30 heavy (non-hydrogen) atoms. The predicted molar refractivity (Wildman–Crippen MR) is 108 cm³/mol. The predicted octanol–water partition coefficient (Wildman–Crippen LogP) is 1.52. The lowest BCUT2D eigenvalue weighted by Gasteiger charge is -2.26. The van der Waals surface area contributed by atoms with Gasteiger partial charge in [-0.3, -0.25) is 4.79 Å². The molecule has 2 aromatic rings. The Morgan fingerprint density at radius 1 is 1.17 bits per heavy atom. The van der Waals surface area contributed by atoms with E-state index in [1.807, 2.05) is 0 Å². The molecule has 3 rings (SSSR count). The van der Waals surface area contributed by atoms with Crippen molar-refractivity contribution in [1.29, 1.82) is 0 Å². The Balaban J connectivity index is 1.62. The molecule has 1 aliphatic heterocycles. The fourth-order valence-electron chi connectivity index (χ4n) is 2.89. The number of nitrogens with one attached hydrogen (secondary N) is 1. The summed E-state index contributed by atoms with van der Waals surface area (Å²) in [5.74, 6) is -1.72. The van der Waals surface area contributed by atoms with Gasteiger partial charge in [0.1, 0.15) is 11.3 Å². The zero-order chi connectivity index (χ0) is 21.7. The summed E-state index contributed by atoms with van der Waals surface area (Å²) in [6.45, 7) is 2.35. The molecule has 0 aromatic heterocycles. The van der Waals surface area contributed by atoms with Gasteiger partial charge >= 0.3 is 5.97 Å². The number of carbonyl (C=O) groups is 2. The summed E-state index contributed by atoms with van der Waals surface area (Å²) in [5, 5.41) is 12.3. The van der Waals surface area contributed by atoms with E-state index in [9.17, 15) is 23.1 Å². The normalized spacial score (nSPS) is 14.8. The van der Waals surface area contributed by atoms with Gasteiger partial charge in [-0.2, -0.15) is 4.31 Å². The molecule has 1 saturated heterocycles. The zero-order valence-electron chi connectivity index (χ0n) is 16.3. The molecule has 1 amide bonds. The van der Waals surface area contributed by atoms with Crippen LogP contribution in [0.4, 0.5) is 5.69 Å². The topological polar surface area (TPSA) is 122 Å². The van der Waals surface area contributed by atoms with Crippen LogP contribution in [-0.4, -0.2) is 62.6 Å². The molecule has 1 heterocycles. The van der Waals surface area contributed by atoms with Gasteiger partial charge < -0.3 is 19.9 Å². The lowest BCUT2D eigenvalue weighted by Crippen LogP contribution is -2.40. The van der Waals surface area contributed by atoms with Gasteiger partial charge in [-0.25, -0.2) is 13.2 Å². The quantitative estimate of drug-likeness (QED) is 0.661. The molecule has 0 atom stereocenters. The van der Waals surface area contributed by atoms with Crippen LogP contribution in [0.3, 0.4) is 0 Å². The molecule has 1 aliphatic rings. The Hall–Kier alpha value is -2.95. The van der Waals surface area contributed by atoms with Crippen molar-refractivity contribution >= 4 is 27.6 Å². The number of rotatable bonds is 6. The standard InChI is InChI=1S/C20H22N2O7S/c1-14-5-6-18(23)17(11-14)20(25)29-13-19(24)21-15-3-2-4-16(12-15)30(26,27)22-7-9-28-10-8-22/h2-6,11-12,23H,7-10,13H2,1H3,(H,21,24). The minimum absolute atomic E-state index is 0.0404. The number of phenols is 1. The second-order valence-corrected chi connectivity index (χ2v) is 8.63. The fraction of sp³-hybridized carbons (Fsp3) is 0.300. The van der Waals surface area contributed by atoms with Crippen LogP contribution in [0.2, 0.25) is 0 Å². The third kappa shape index (κ3) is 5.15. The van der Waals surface area contributed by atoms with Crippen LogP contribution < -0.4 is 5.32 Å². The molecular weight excluding hydrogens is 412 g/mol. The van der Waals surface area contributed by atoms with Crippen LogP contribution in [-0.2, 0) is 24.3 Å². The number of nitrogens with zero attached hydrogens (tertiary/aromatic N) is 1. The van der Waals surface area contributed by atoms with Crippen LogP contribution >= 0.6 is 0 Å². The smallest absolute Gasteiger partial charge is 0.342 e. The first-order valence-corrected chi connectivity index (χ1v) is 10.7. The lowest BCUT2D eigenvalue weighted by atomic mass is 10.1. The molecule has 0 radical (unpaired) electrons. The van der Waals surface area contributed by atoms with E-state index in [0.717, 1.165) is 5.56 Å². The summed E-state index contributed by atoms with van der Waals surface area (Å²) in [5.41, 5.74) is 0.965. The number of amides is 1. The molecule has 0 spiro atoms. The molecule has 1 fully saturated rings. The molecule has 2 aromatic carbocycles. The first-order chi connectivity index (χ1) is 14.3. The van der Waals surface area contributed by atoms with E-state index >= 15 is 0 Å². The van der Waals surface area contributed by atoms with E-state index in [1.165, 1.54) is 40.7 Å². The van der Waals surface area contributed by atoms with Gasteiger partial charge in [0.05, 0.1) is 18.1 Å². The largest absolute Gasteiger partial charge is 0.507 e. The van der Waals surface area contributed by atoms with Gasteiger partial charge in [-0.05, 0) is 37.3 Å². The lowest BCUT2D eigenvalue weighted by molar-refractivity contribution is -0.119. The second-order valence-electron chi connectivity index (χ2n) is 6.69. The SMILES string of the molecule is Cc1ccc(O)c(C(=O)OCC(=O)Nc2cccc(S(=O)(=O)N3CCOCC3)c2)c1. The van der Waals surface area contributed by atoms with Gasteiger partial charge in [-0.1, -0.05) is 17.7 Å². The monoisotopic (exact) mass is 434 g/mol. The number of ether oxygens (including phenoxy) is 2. The van der Waals surface area contributed by atoms with Gasteiger partial charge in [-0.15, -0.1) is 0 Å². The number of sulfonamides is 1. The highest BCUT2D eigenvalue weighted by Gasteiger charge is 2.26. The molecule has 160 valence electrons. The van der Waals surface area contributed by atoms with Crippen LogP contribution in [0.5, 0.6) is 5.75 Å². The van der Waals surface area contributed by atoms with Crippen LogP contribution in [0, 0.1) is 6.92 Å². The molecule has 10 heteroatoms. The third-order valence-corrected chi connectivity index (χ3v) is 6.33. The third-order valence-electron chi connectivity index (χ3n) is 4.43. The molecular formula is C20H22N2O7S. The second kappa shape index (κ2) is 9.24. The van der Waals surface area contributed by atoms with Crippen molar-refractivity contribution in [3.8, 4) is 5.75 Å². The highest BCUT2D eigenvalue weighted by molar-refractivity contribution is 7.89. The molecule has 2 N–H and O–H groups in total. The number of benzene rings is 2. The van der Waals surface area contributed by atoms with E-state index in [0.29, 0.717) is 13.2 Å². The van der Waals surface area contributed by atoms with Crippen molar-refractivity contribution in [2.75, 3.05) is 38.2 Å². The first-order valence-electron chi connectivity index (χ1n) is 9.22. The van der Waals surface area contributed by atoms with Crippen LogP contribution in [0.25, 0.3) is 0 Å². The highest BCUT2D eigenvalue weighted by atomic mass is 32.2. The van der Waals surface area contributed by atoms with Crippen molar-refractivity contribution in [2.45, 2.75) is 11.8 Å². The number of anilines is 1. The number of esters is 1. The maximum absolute atomic E-state index is 12.7. The molecule has 0 aliphatic carbocycles. The highest BCUT2D eigenvalue weighted by Crippen LogP contribution is 2.21. The van der Waals surface area contributed by atoms with E-state index in [4.69, 9.17) is 9.47 Å². The summed E-state index contributed by atoms with van der Waals surface area (Å²) in [6, 6.07) is 10.3. The van der Waals surface area contributed by atoms with Crippen LogP contribution in [0.1, 0.15) is 15.9 Å². The van der Waals surface area contributed by atoms with Gasteiger partial charge in [0.15, 0.2) is 6.61 Å². The summed E-state index contributed by atoms with van der Waals surface area (Å²) in [7, 11) is -3.70. The van der Waals surface area contributed by atoms with Crippen molar-refractivity contribution in [3.05, 3.63) is 53.6 Å². The summed E-state index contributed by atoms with van der Waals surface area (Å²) < 4.78 is 36.9. The van der Waals surface area contributed by atoms with E-state index in [1.54, 1.807) is 13.0 Å². The number of phenolic OH excluding ortho intramolecular Hbond substituents is 1. The van der Waals surface area contributed by atoms with Gasteiger partial charge in [0.2, 0.25) is 10.0 Å². The number of morpholine rings is 1. The fourth-order valence-corrected chi connectivity index (χ4v) is 4.34. The average Bonchev–Trinajstić information content (AvgIpc) is 2.74. The molecule has 0 unspecified atom stereocenters. The first kappa shape index (κ1) is 21.8. The Morgan fingerprint density at radius 3 is 2.63 bits per heavy atom. The maximum atomic E-state index is 12.7. The Labute approximate surface area is 174 Å². The van der Waals surface area contributed by atoms with Crippen molar-refractivity contribution < 1.29 is 32.6 Å². The number of aromatic hydroxyl groups is 1. The summed E-state index contributed by atoms with van der Waals surface area (Å²) in [6.07, 6.45) is 0.